The molecule has 0 saturated heterocycles. The summed E-state index contributed by atoms with van der Waals surface area (Å²) in [4.78, 5) is 22.9. The first kappa shape index (κ1) is 19.8. The van der Waals surface area contributed by atoms with Gasteiger partial charge in [-0.25, -0.2) is 4.79 Å². The van der Waals surface area contributed by atoms with E-state index in [0.29, 0.717) is 17.9 Å². The second-order valence-electron chi connectivity index (χ2n) is 6.81. The van der Waals surface area contributed by atoms with Crippen LogP contribution in [0.2, 0.25) is 0 Å². The van der Waals surface area contributed by atoms with Gasteiger partial charge in [0.25, 0.3) is 0 Å². The van der Waals surface area contributed by atoms with Crippen molar-refractivity contribution in [2.24, 2.45) is 0 Å². The largest absolute Gasteiger partial charge is 0.494 e. The fraction of sp³-hybridized carbons (Fsp3) is 0.667. The quantitative estimate of drug-likeness (QED) is 0.495. The van der Waals surface area contributed by atoms with Crippen molar-refractivity contribution < 1.29 is 19.3 Å². The van der Waals surface area contributed by atoms with Crippen molar-refractivity contribution in [2.75, 3.05) is 6.61 Å². The molecule has 0 aliphatic heterocycles. The molecule has 1 aromatic carbocycles. The molecule has 25 heavy (non-hydrogen) atoms. The first-order chi connectivity index (χ1) is 12.3. The van der Waals surface area contributed by atoms with Gasteiger partial charge in [0.1, 0.15) is 11.9 Å². The van der Waals surface area contributed by atoms with Gasteiger partial charge in [-0.05, 0) is 38.0 Å². The lowest BCUT2D eigenvalue weighted by Crippen LogP contribution is -2.17. The summed E-state index contributed by atoms with van der Waals surface area (Å²) in [6.45, 7) is 2.48. The first-order valence-electron chi connectivity index (χ1n) is 9.90. The van der Waals surface area contributed by atoms with E-state index in [4.69, 9.17) is 14.5 Å². The summed E-state index contributed by atoms with van der Waals surface area (Å²) < 4.78 is 5.42. The van der Waals surface area contributed by atoms with Crippen LogP contribution in [0, 0.1) is 0 Å². The number of hydrogen-bond acceptors (Lipinski definition) is 4. The minimum atomic E-state index is -0.451. The summed E-state index contributed by atoms with van der Waals surface area (Å²) in [6, 6.07) is 7.02. The predicted octanol–water partition coefficient (Wildman–Crippen LogP) is 5.85. The maximum atomic E-state index is 12.2. The summed E-state index contributed by atoms with van der Waals surface area (Å²) in [7, 11) is 0. The van der Waals surface area contributed by atoms with Gasteiger partial charge in [0.2, 0.25) is 0 Å². The summed E-state index contributed by atoms with van der Waals surface area (Å²) in [5.74, 6) is 0.218. The van der Waals surface area contributed by atoms with E-state index in [0.717, 1.165) is 25.7 Å². The average Bonchev–Trinajstić information content (AvgIpc) is 2.61. The van der Waals surface area contributed by atoms with Crippen LogP contribution in [0.15, 0.2) is 24.3 Å². The van der Waals surface area contributed by atoms with E-state index < -0.39 is 5.97 Å². The van der Waals surface area contributed by atoms with E-state index in [1.807, 2.05) is 13.0 Å². The number of carbonyl (C=O) groups is 1. The summed E-state index contributed by atoms with van der Waals surface area (Å²) in [5, 5.41) is 0. The zero-order valence-corrected chi connectivity index (χ0v) is 15.5. The van der Waals surface area contributed by atoms with Gasteiger partial charge in [0.05, 0.1) is 12.2 Å². The molecular weight excluding hydrogens is 316 g/mol. The Morgan fingerprint density at radius 2 is 1.56 bits per heavy atom. The first-order valence-corrected chi connectivity index (χ1v) is 9.90. The molecule has 0 spiro atoms. The van der Waals surface area contributed by atoms with Crippen LogP contribution in [0.4, 0.5) is 0 Å². The van der Waals surface area contributed by atoms with Gasteiger partial charge in [-0.1, -0.05) is 63.9 Å². The van der Waals surface area contributed by atoms with Crippen LogP contribution < -0.4 is 4.74 Å². The molecule has 140 valence electrons. The Labute approximate surface area is 151 Å². The Morgan fingerprint density at radius 3 is 2.16 bits per heavy atom. The zero-order chi connectivity index (χ0) is 17.7. The molecule has 0 atom stereocenters. The highest BCUT2D eigenvalue weighted by atomic mass is 17.2. The van der Waals surface area contributed by atoms with E-state index in [1.54, 1.807) is 18.2 Å². The molecule has 0 unspecified atom stereocenters. The van der Waals surface area contributed by atoms with E-state index in [-0.39, 0.29) is 6.10 Å². The van der Waals surface area contributed by atoms with Crippen LogP contribution in [-0.2, 0) is 9.78 Å². The molecule has 1 aromatic rings. The molecule has 0 bridgehead atoms. The van der Waals surface area contributed by atoms with Crippen molar-refractivity contribution >= 4 is 5.97 Å². The normalized spacial score (nSPS) is 18.0. The lowest BCUT2D eigenvalue weighted by molar-refractivity contribution is -0.277. The molecule has 0 N–H and O–H groups in total. The lowest BCUT2D eigenvalue weighted by atomic mass is 9.99. The Kier molecular flexibility index (Phi) is 9.42. The number of hydrogen-bond donors (Lipinski definition) is 0. The Morgan fingerprint density at radius 1 is 0.960 bits per heavy atom. The van der Waals surface area contributed by atoms with Gasteiger partial charge < -0.3 is 4.74 Å². The van der Waals surface area contributed by atoms with Gasteiger partial charge in [-0.3, -0.25) is 4.89 Å². The van der Waals surface area contributed by atoms with Gasteiger partial charge in [-0.2, -0.15) is 4.89 Å². The summed E-state index contributed by atoms with van der Waals surface area (Å²) in [6.07, 6.45) is 13.4. The third-order valence-corrected chi connectivity index (χ3v) is 4.69. The fourth-order valence-electron chi connectivity index (χ4n) is 3.26. The standard InChI is InChI=1S/C21H32O4/c1-2-23-20-16-12-13-18(17-20)21(22)25-24-19-14-10-8-6-4-3-5-7-9-11-15-19/h12-13,16-17,19H,2-11,14-15H2,1H3. The molecule has 4 nitrogen and oxygen atoms in total. The smallest absolute Gasteiger partial charge is 0.373 e. The van der Waals surface area contributed by atoms with Crippen molar-refractivity contribution in [1.82, 2.24) is 0 Å². The number of benzene rings is 1. The third-order valence-electron chi connectivity index (χ3n) is 4.69. The minimum absolute atomic E-state index is 0.0125. The van der Waals surface area contributed by atoms with Crippen LogP contribution in [0.25, 0.3) is 0 Å². The fourth-order valence-corrected chi connectivity index (χ4v) is 3.26. The SMILES string of the molecule is CCOc1cccc(C(=O)OOC2CCCCCCCCCCC2)c1. The number of rotatable bonds is 5. The van der Waals surface area contributed by atoms with Crippen molar-refractivity contribution in [3.63, 3.8) is 0 Å². The van der Waals surface area contributed by atoms with Crippen molar-refractivity contribution in [2.45, 2.75) is 83.7 Å². The summed E-state index contributed by atoms with van der Waals surface area (Å²) in [5.41, 5.74) is 0.458. The van der Waals surface area contributed by atoms with Gasteiger partial charge in [0, 0.05) is 0 Å². The lowest BCUT2D eigenvalue weighted by Gasteiger charge is -2.17. The number of carbonyl (C=O) groups excluding carboxylic acids is 1. The predicted molar refractivity (Wildman–Crippen MR) is 98.7 cm³/mol. The Hall–Kier alpha value is -1.55. The van der Waals surface area contributed by atoms with Gasteiger partial charge >= 0.3 is 5.97 Å². The van der Waals surface area contributed by atoms with E-state index in [1.165, 1.54) is 44.9 Å². The molecule has 4 heteroatoms. The number of ether oxygens (including phenoxy) is 1. The van der Waals surface area contributed by atoms with E-state index in [2.05, 4.69) is 0 Å². The molecule has 1 aliphatic rings. The highest BCUT2D eigenvalue weighted by molar-refractivity contribution is 5.89. The van der Waals surface area contributed by atoms with Crippen molar-refractivity contribution in [3.05, 3.63) is 29.8 Å². The zero-order valence-electron chi connectivity index (χ0n) is 15.5. The monoisotopic (exact) mass is 348 g/mol. The van der Waals surface area contributed by atoms with E-state index >= 15 is 0 Å². The summed E-state index contributed by atoms with van der Waals surface area (Å²) >= 11 is 0. The molecule has 0 heterocycles. The molecule has 1 aliphatic carbocycles. The second-order valence-corrected chi connectivity index (χ2v) is 6.81. The van der Waals surface area contributed by atoms with Crippen LogP contribution in [0.5, 0.6) is 5.75 Å². The molecule has 2 rings (SSSR count). The van der Waals surface area contributed by atoms with Gasteiger partial charge in [-0.15, -0.1) is 0 Å². The highest BCUT2D eigenvalue weighted by Gasteiger charge is 2.16. The minimum Gasteiger partial charge on any atom is -0.494 e. The molecule has 0 radical (unpaired) electrons. The van der Waals surface area contributed by atoms with Crippen LogP contribution >= 0.6 is 0 Å². The third kappa shape index (κ3) is 7.91. The van der Waals surface area contributed by atoms with Crippen LogP contribution in [0.3, 0.4) is 0 Å². The molecule has 0 amide bonds. The molecule has 0 aromatic heterocycles. The average molecular weight is 348 g/mol. The molecular formula is C21H32O4. The van der Waals surface area contributed by atoms with Crippen LogP contribution in [-0.4, -0.2) is 18.7 Å². The Balaban J connectivity index is 1.81. The van der Waals surface area contributed by atoms with E-state index in [9.17, 15) is 4.79 Å². The topological polar surface area (TPSA) is 44.8 Å². The molecule has 1 saturated carbocycles. The van der Waals surface area contributed by atoms with Crippen molar-refractivity contribution in [1.29, 1.82) is 0 Å². The van der Waals surface area contributed by atoms with Gasteiger partial charge in [0.15, 0.2) is 0 Å². The maximum Gasteiger partial charge on any atom is 0.373 e. The van der Waals surface area contributed by atoms with Crippen molar-refractivity contribution in [3.8, 4) is 5.75 Å². The maximum absolute atomic E-state index is 12.2. The second kappa shape index (κ2) is 11.9. The molecule has 1 fully saturated rings. The highest BCUT2D eigenvalue weighted by Crippen LogP contribution is 2.20. The van der Waals surface area contributed by atoms with Crippen LogP contribution in [0.1, 0.15) is 87.9 Å². The Bertz CT molecular complexity index is 488.